The molecule has 0 heterocycles. The Bertz CT molecular complexity index is 394. The van der Waals surface area contributed by atoms with Crippen molar-refractivity contribution in [3.8, 4) is 0 Å². The Labute approximate surface area is 165 Å². The SMILES string of the molecule is C=CCOCC(CC)(CO)COCC=C.CC[P+](=O)OP(=O)(O)O.[Ti]. The van der Waals surface area contributed by atoms with E-state index in [0.717, 1.165) is 6.42 Å². The molecule has 1 atom stereocenters. The van der Waals surface area contributed by atoms with Crippen LogP contribution in [0.15, 0.2) is 25.3 Å². The Morgan fingerprint density at radius 3 is 1.76 bits per heavy atom. The zero-order valence-electron chi connectivity index (χ0n) is 14.8. The molecule has 0 aliphatic carbocycles. The molecular weight excluding hydrogens is 406 g/mol. The van der Waals surface area contributed by atoms with E-state index in [1.54, 1.807) is 12.2 Å². The van der Waals surface area contributed by atoms with E-state index < -0.39 is 15.9 Å². The number of rotatable bonds is 13. The van der Waals surface area contributed by atoms with Crippen LogP contribution in [0.5, 0.6) is 0 Å². The van der Waals surface area contributed by atoms with E-state index in [-0.39, 0.29) is 39.9 Å². The topological polar surface area (TPSA) is 123 Å². The molecule has 0 rings (SSSR count). The smallest absolute Gasteiger partial charge is 0.396 e. The van der Waals surface area contributed by atoms with Crippen molar-refractivity contribution in [2.75, 3.05) is 39.2 Å². The maximum atomic E-state index is 10.3. The van der Waals surface area contributed by atoms with Gasteiger partial charge in [0.2, 0.25) is 0 Å². The zero-order valence-corrected chi connectivity index (χ0v) is 18.1. The van der Waals surface area contributed by atoms with Crippen molar-refractivity contribution >= 4 is 15.9 Å². The Hall–Kier alpha value is 0.284. The fraction of sp³-hybridized carbons (Fsp3) is 0.714. The van der Waals surface area contributed by atoms with Gasteiger partial charge in [0.15, 0.2) is 6.16 Å². The van der Waals surface area contributed by atoms with Crippen LogP contribution in [-0.4, -0.2) is 54.1 Å². The molecule has 0 radical (unpaired) electrons. The maximum absolute atomic E-state index is 10.3. The van der Waals surface area contributed by atoms with Crippen molar-refractivity contribution in [1.82, 2.24) is 0 Å². The van der Waals surface area contributed by atoms with Gasteiger partial charge in [-0.15, -0.1) is 13.2 Å². The van der Waals surface area contributed by atoms with Gasteiger partial charge in [0.05, 0.1) is 33.0 Å². The van der Waals surface area contributed by atoms with E-state index in [0.29, 0.717) is 26.4 Å². The summed E-state index contributed by atoms with van der Waals surface area (Å²) < 4.78 is 34.7. The van der Waals surface area contributed by atoms with Gasteiger partial charge in [0.25, 0.3) is 0 Å². The molecule has 0 aliphatic heterocycles. The Morgan fingerprint density at radius 2 is 1.56 bits per heavy atom. The third kappa shape index (κ3) is 18.9. The summed E-state index contributed by atoms with van der Waals surface area (Å²) in [4.78, 5) is 16.0. The van der Waals surface area contributed by atoms with Gasteiger partial charge in [0, 0.05) is 27.1 Å². The molecule has 11 heteroatoms. The van der Waals surface area contributed by atoms with E-state index >= 15 is 0 Å². The predicted molar refractivity (Wildman–Crippen MR) is 93.1 cm³/mol. The monoisotopic (exact) mass is 435 g/mol. The average molecular weight is 435 g/mol. The van der Waals surface area contributed by atoms with Crippen molar-refractivity contribution in [3.05, 3.63) is 25.3 Å². The average Bonchev–Trinajstić information content (AvgIpc) is 2.53. The van der Waals surface area contributed by atoms with Crippen LogP contribution < -0.4 is 0 Å². The summed E-state index contributed by atoms with van der Waals surface area (Å²) in [6.45, 7) is 12.7. The Morgan fingerprint density at radius 1 is 1.12 bits per heavy atom. The Kier molecular flexibility index (Phi) is 21.2. The third-order valence-electron chi connectivity index (χ3n) is 2.83. The van der Waals surface area contributed by atoms with Crippen LogP contribution in [-0.2, 0) is 44.6 Å². The molecule has 8 nitrogen and oxygen atoms in total. The van der Waals surface area contributed by atoms with Crippen LogP contribution in [0.25, 0.3) is 0 Å². The molecule has 25 heavy (non-hydrogen) atoms. The van der Waals surface area contributed by atoms with Crippen LogP contribution in [0.4, 0.5) is 0 Å². The number of phosphoric acid groups is 1. The summed E-state index contributed by atoms with van der Waals surface area (Å²) in [5, 5.41) is 9.36. The molecule has 0 saturated heterocycles. The number of aliphatic hydroxyl groups excluding tert-OH is 1. The fourth-order valence-corrected chi connectivity index (χ4v) is 2.75. The number of aliphatic hydroxyl groups is 1. The molecule has 0 spiro atoms. The fourth-order valence-electron chi connectivity index (χ4n) is 1.34. The van der Waals surface area contributed by atoms with Crippen molar-refractivity contribution in [3.63, 3.8) is 0 Å². The molecule has 0 aromatic carbocycles. The van der Waals surface area contributed by atoms with Crippen LogP contribution in [0.1, 0.15) is 20.3 Å². The summed E-state index contributed by atoms with van der Waals surface area (Å²) in [7, 11) is -6.70. The Balaban J connectivity index is -0.000000418. The predicted octanol–water partition coefficient (Wildman–Crippen LogP) is 2.64. The van der Waals surface area contributed by atoms with Gasteiger partial charge in [-0.3, -0.25) is 0 Å². The molecular formula is C14H29O8P2Ti+. The van der Waals surface area contributed by atoms with Gasteiger partial charge >= 0.3 is 15.9 Å². The zero-order chi connectivity index (χ0) is 19.1. The minimum Gasteiger partial charge on any atom is -0.396 e. The van der Waals surface area contributed by atoms with E-state index in [9.17, 15) is 14.2 Å². The summed E-state index contributed by atoms with van der Waals surface area (Å²) >= 11 is 0. The second-order valence-electron chi connectivity index (χ2n) is 4.84. The second-order valence-corrected chi connectivity index (χ2v) is 7.77. The molecule has 0 fully saturated rings. The first-order valence-electron chi connectivity index (χ1n) is 7.38. The van der Waals surface area contributed by atoms with Crippen LogP contribution >= 0.6 is 15.9 Å². The molecule has 0 aromatic heterocycles. The van der Waals surface area contributed by atoms with E-state index in [2.05, 4.69) is 17.5 Å². The van der Waals surface area contributed by atoms with Gasteiger partial charge in [-0.05, 0) is 22.2 Å². The molecule has 3 N–H and O–H groups in total. The summed E-state index contributed by atoms with van der Waals surface area (Å²) in [5.41, 5.74) is -0.300. The minimum absolute atomic E-state index is 0. The molecule has 146 valence electrons. The molecule has 0 bridgehead atoms. The van der Waals surface area contributed by atoms with Crippen LogP contribution in [0.3, 0.4) is 0 Å². The number of ether oxygens (including phenoxy) is 2. The first-order chi connectivity index (χ1) is 11.2. The molecule has 0 saturated carbocycles. The second kappa shape index (κ2) is 17.7. The first-order valence-corrected chi connectivity index (χ1v) is 10.3. The maximum Gasteiger partial charge on any atom is 0.518 e. The molecule has 1 unspecified atom stereocenters. The van der Waals surface area contributed by atoms with Gasteiger partial charge in [-0.25, -0.2) is 4.57 Å². The summed E-state index contributed by atoms with van der Waals surface area (Å²) in [5.74, 6) is 0. The van der Waals surface area contributed by atoms with E-state index in [1.807, 2.05) is 6.92 Å². The van der Waals surface area contributed by atoms with E-state index in [4.69, 9.17) is 19.3 Å². The van der Waals surface area contributed by atoms with Gasteiger partial charge in [0.1, 0.15) is 0 Å². The third-order valence-corrected chi connectivity index (χ3v) is 4.92. The first kappa shape index (κ1) is 30.0. The van der Waals surface area contributed by atoms with E-state index in [1.165, 1.54) is 6.92 Å². The van der Waals surface area contributed by atoms with Crippen LogP contribution in [0, 0.1) is 5.41 Å². The van der Waals surface area contributed by atoms with Crippen molar-refractivity contribution in [1.29, 1.82) is 0 Å². The van der Waals surface area contributed by atoms with Gasteiger partial charge in [-0.1, -0.05) is 19.1 Å². The summed E-state index contributed by atoms with van der Waals surface area (Å²) in [6, 6.07) is 0. The minimum atomic E-state index is -4.52. The summed E-state index contributed by atoms with van der Waals surface area (Å²) in [6.07, 6.45) is 4.32. The molecule has 0 aromatic rings. The van der Waals surface area contributed by atoms with Crippen molar-refractivity contribution in [2.45, 2.75) is 20.3 Å². The van der Waals surface area contributed by atoms with Crippen molar-refractivity contribution in [2.24, 2.45) is 5.41 Å². The number of hydrogen-bond acceptors (Lipinski definition) is 6. The largest absolute Gasteiger partial charge is 0.518 e. The molecule has 0 amide bonds. The van der Waals surface area contributed by atoms with Crippen LogP contribution in [0.2, 0.25) is 0 Å². The van der Waals surface area contributed by atoms with Crippen molar-refractivity contribution < 1.29 is 59.5 Å². The normalized spacial score (nSPS) is 11.6. The quantitative estimate of drug-likeness (QED) is 0.175. The number of hydrogen-bond donors (Lipinski definition) is 3. The standard InChI is InChI=1S/C12H22O3.C2H6O5P2.Ti/c1-4-7-14-10-12(6-3,9-13)11-15-8-5-2;1-2-8(3)7-9(4,5)6;/h4-5,13H,1-2,6-11H2,3H3;2H2,1H3,(H-,4,5,6);/p+1. The van der Waals surface area contributed by atoms with Gasteiger partial charge < -0.3 is 24.4 Å². The molecule has 0 aliphatic rings. The van der Waals surface area contributed by atoms with Gasteiger partial charge in [-0.2, -0.15) is 0 Å².